The van der Waals surface area contributed by atoms with E-state index in [0.717, 1.165) is 23.7 Å². The number of fused-ring (bicyclic) bond motifs is 1. The van der Waals surface area contributed by atoms with Crippen LogP contribution in [0.15, 0.2) is 34.0 Å². The van der Waals surface area contributed by atoms with Gasteiger partial charge in [-0.1, -0.05) is 19.1 Å². The summed E-state index contributed by atoms with van der Waals surface area (Å²) < 4.78 is 11.5. The van der Waals surface area contributed by atoms with Gasteiger partial charge in [0, 0.05) is 11.5 Å². The summed E-state index contributed by atoms with van der Waals surface area (Å²) >= 11 is 0. The van der Waals surface area contributed by atoms with Crippen molar-refractivity contribution in [1.82, 2.24) is 9.97 Å². The first kappa shape index (κ1) is 16.6. The number of ether oxygens (including phenoxy) is 2. The minimum atomic E-state index is 0.603. The van der Waals surface area contributed by atoms with E-state index in [9.17, 15) is 0 Å². The summed E-state index contributed by atoms with van der Waals surface area (Å²) in [4.78, 5) is 8.47. The van der Waals surface area contributed by atoms with Crippen LogP contribution in [0.3, 0.4) is 0 Å². The number of nitrogens with zero attached hydrogens (tertiary/aromatic N) is 5. The second kappa shape index (κ2) is 8.62. The largest absolute Gasteiger partial charge is 0.490 e. The van der Waals surface area contributed by atoms with Crippen LogP contribution in [0.25, 0.3) is 10.9 Å². The molecule has 8 nitrogen and oxygen atoms in total. The maximum absolute atomic E-state index is 5.79. The predicted molar refractivity (Wildman–Crippen MR) is 87.7 cm³/mol. The third-order valence-corrected chi connectivity index (χ3v) is 2.94. The second-order valence-electron chi connectivity index (χ2n) is 4.72. The quantitative estimate of drug-likeness (QED) is 0.349. The van der Waals surface area contributed by atoms with Gasteiger partial charge in [0.05, 0.1) is 30.6 Å². The molecule has 1 aromatic heterocycles. The number of aromatic nitrogens is 2. The van der Waals surface area contributed by atoms with E-state index in [1.54, 1.807) is 0 Å². The van der Waals surface area contributed by atoms with Crippen LogP contribution >= 0.6 is 0 Å². The summed E-state index contributed by atoms with van der Waals surface area (Å²) in [6.45, 7) is 5.32. The van der Waals surface area contributed by atoms with Crippen molar-refractivity contribution in [3.8, 4) is 11.5 Å². The van der Waals surface area contributed by atoms with E-state index >= 15 is 0 Å². The lowest BCUT2D eigenvalue weighted by Crippen LogP contribution is -2.02. The van der Waals surface area contributed by atoms with Crippen LogP contribution in [0.1, 0.15) is 32.4 Å². The smallest absolute Gasteiger partial charge is 0.163 e. The van der Waals surface area contributed by atoms with Crippen LogP contribution in [0.5, 0.6) is 11.5 Å². The highest BCUT2D eigenvalue weighted by Crippen LogP contribution is 2.32. The van der Waals surface area contributed by atoms with Gasteiger partial charge >= 0.3 is 0 Å². The van der Waals surface area contributed by atoms with Gasteiger partial charge in [0.2, 0.25) is 0 Å². The van der Waals surface area contributed by atoms with E-state index in [-0.39, 0.29) is 0 Å². The highest BCUT2D eigenvalue weighted by atomic mass is 16.5. The Hall–Kier alpha value is -2.77. The fraction of sp³-hybridized carbons (Fsp3) is 0.400. The average Bonchev–Trinajstić information content (AvgIpc) is 2.58. The van der Waals surface area contributed by atoms with Gasteiger partial charge in [-0.3, -0.25) is 0 Å². The molecule has 0 saturated heterocycles. The van der Waals surface area contributed by atoms with Gasteiger partial charge in [-0.2, -0.15) is 0 Å². The highest BCUT2D eigenvalue weighted by molar-refractivity contribution is 5.97. The number of benzene rings is 1. The van der Waals surface area contributed by atoms with E-state index in [1.165, 1.54) is 12.5 Å². The standard InChI is InChI=1S/C15H20N6O2/c1-3-5-22-14-7-11-12(8-15(14)23-6-4-2)17-10-18-13(11)9-19-21-20-16/h7-10H,3-6H2,1-2H3,(H2,16,21)/b19-9+. The Morgan fingerprint density at radius 1 is 1.09 bits per heavy atom. The summed E-state index contributed by atoms with van der Waals surface area (Å²) in [5, 5.41) is 10.9. The summed E-state index contributed by atoms with van der Waals surface area (Å²) in [5.74, 6) is 6.27. The normalized spacial score (nSPS) is 11.6. The fourth-order valence-corrected chi connectivity index (χ4v) is 1.95. The van der Waals surface area contributed by atoms with Crippen LogP contribution in [0.2, 0.25) is 0 Å². The minimum Gasteiger partial charge on any atom is -0.490 e. The van der Waals surface area contributed by atoms with E-state index in [0.29, 0.717) is 30.4 Å². The van der Waals surface area contributed by atoms with Crippen molar-refractivity contribution in [3.05, 3.63) is 24.2 Å². The molecule has 0 fully saturated rings. The molecule has 2 aromatic rings. The summed E-state index contributed by atoms with van der Waals surface area (Å²) in [6, 6.07) is 3.70. The van der Waals surface area contributed by atoms with Crippen molar-refractivity contribution in [2.75, 3.05) is 13.2 Å². The molecule has 0 bridgehead atoms. The number of hydrogen-bond acceptors (Lipinski definition) is 6. The lowest BCUT2D eigenvalue weighted by atomic mass is 10.1. The topological polar surface area (TPSA) is 107 Å². The Bertz CT molecular complexity index is 702. The van der Waals surface area contributed by atoms with Gasteiger partial charge in [0.1, 0.15) is 6.33 Å². The first-order chi connectivity index (χ1) is 11.3. The molecule has 0 saturated carbocycles. The predicted octanol–water partition coefficient (Wildman–Crippen LogP) is 2.87. The first-order valence-corrected chi connectivity index (χ1v) is 7.47. The molecule has 0 aliphatic heterocycles. The summed E-state index contributed by atoms with van der Waals surface area (Å²) in [6.07, 6.45) is 4.74. The maximum Gasteiger partial charge on any atom is 0.163 e. The zero-order valence-electron chi connectivity index (χ0n) is 13.3. The monoisotopic (exact) mass is 316 g/mol. The Morgan fingerprint density at radius 3 is 2.43 bits per heavy atom. The molecule has 8 heteroatoms. The van der Waals surface area contributed by atoms with Crippen LogP contribution in [0, 0.1) is 0 Å². The number of nitrogens with two attached hydrogens (primary N) is 1. The van der Waals surface area contributed by atoms with Crippen molar-refractivity contribution in [3.63, 3.8) is 0 Å². The van der Waals surface area contributed by atoms with Gasteiger partial charge in [-0.15, -0.1) is 5.10 Å². The molecule has 0 aliphatic carbocycles. The molecular weight excluding hydrogens is 296 g/mol. The maximum atomic E-state index is 5.79. The second-order valence-corrected chi connectivity index (χ2v) is 4.72. The SMILES string of the molecule is CCCOc1cc2ncnc(/C=N/N=N\N)c2cc1OCCC. The molecule has 23 heavy (non-hydrogen) atoms. The van der Waals surface area contributed by atoms with Crippen molar-refractivity contribution < 1.29 is 9.47 Å². The number of hydrogen-bond donors (Lipinski definition) is 1. The van der Waals surface area contributed by atoms with Crippen molar-refractivity contribution in [1.29, 1.82) is 0 Å². The van der Waals surface area contributed by atoms with Gasteiger partial charge in [-0.05, 0) is 24.1 Å². The Labute approximate surface area is 134 Å². The fourth-order valence-electron chi connectivity index (χ4n) is 1.95. The molecule has 0 aliphatic rings. The lowest BCUT2D eigenvalue weighted by molar-refractivity contribution is 0.269. The third-order valence-electron chi connectivity index (χ3n) is 2.94. The number of rotatable bonds is 8. The van der Waals surface area contributed by atoms with E-state index in [2.05, 4.69) is 32.4 Å². The molecule has 1 aromatic carbocycles. The Kier molecular flexibility index (Phi) is 6.22. The Balaban J connectivity index is 2.47. The molecule has 0 radical (unpaired) electrons. The zero-order valence-corrected chi connectivity index (χ0v) is 13.3. The van der Waals surface area contributed by atoms with Crippen molar-refractivity contribution in [2.45, 2.75) is 26.7 Å². The van der Waals surface area contributed by atoms with Gasteiger partial charge in [-0.25, -0.2) is 9.97 Å². The minimum absolute atomic E-state index is 0.603. The Morgan fingerprint density at radius 2 is 1.78 bits per heavy atom. The molecule has 122 valence electrons. The van der Waals surface area contributed by atoms with Crippen LogP contribution in [-0.2, 0) is 0 Å². The lowest BCUT2D eigenvalue weighted by Gasteiger charge is -2.13. The zero-order chi connectivity index (χ0) is 16.5. The molecule has 0 spiro atoms. The van der Waals surface area contributed by atoms with E-state index < -0.39 is 0 Å². The van der Waals surface area contributed by atoms with E-state index in [4.69, 9.17) is 15.3 Å². The van der Waals surface area contributed by atoms with Crippen molar-refractivity contribution >= 4 is 17.1 Å². The summed E-state index contributed by atoms with van der Waals surface area (Å²) in [7, 11) is 0. The van der Waals surface area contributed by atoms with Crippen LogP contribution in [-0.4, -0.2) is 29.4 Å². The van der Waals surface area contributed by atoms with Crippen LogP contribution < -0.4 is 15.3 Å². The summed E-state index contributed by atoms with van der Waals surface area (Å²) in [5.41, 5.74) is 1.34. The molecule has 0 atom stereocenters. The molecule has 2 rings (SSSR count). The van der Waals surface area contributed by atoms with Crippen molar-refractivity contribution in [2.24, 2.45) is 21.4 Å². The molecular formula is C15H20N6O2. The molecule has 0 unspecified atom stereocenters. The van der Waals surface area contributed by atoms with Gasteiger partial charge in [0.25, 0.3) is 0 Å². The van der Waals surface area contributed by atoms with E-state index in [1.807, 2.05) is 19.1 Å². The first-order valence-electron chi connectivity index (χ1n) is 7.47. The third kappa shape index (κ3) is 4.35. The highest BCUT2D eigenvalue weighted by Gasteiger charge is 2.11. The molecule has 2 N–H and O–H groups in total. The average molecular weight is 316 g/mol. The van der Waals surface area contributed by atoms with Crippen LogP contribution in [0.4, 0.5) is 0 Å². The van der Waals surface area contributed by atoms with Gasteiger partial charge < -0.3 is 15.3 Å². The van der Waals surface area contributed by atoms with Gasteiger partial charge in [0.15, 0.2) is 11.5 Å². The molecule has 0 amide bonds. The molecule has 1 heterocycles.